The molecule has 3 amide bonds. The van der Waals surface area contributed by atoms with Gasteiger partial charge in [-0.25, -0.2) is 18.8 Å². The number of hydrogen-bond acceptors (Lipinski definition) is 11. The third-order valence-corrected chi connectivity index (χ3v) is 7.05. The summed E-state index contributed by atoms with van der Waals surface area (Å²) in [4.78, 5) is 31.5. The second-order valence-electron chi connectivity index (χ2n) is 11.4. The lowest BCUT2D eigenvalue weighted by Crippen LogP contribution is -2.43. The lowest BCUT2D eigenvalue weighted by atomic mass is 10.1. The highest BCUT2D eigenvalue weighted by Gasteiger charge is 2.42. The Morgan fingerprint density at radius 1 is 0.878 bits per heavy atom. The van der Waals surface area contributed by atoms with Crippen molar-refractivity contribution in [2.45, 2.75) is 76.2 Å². The van der Waals surface area contributed by atoms with Crippen LogP contribution in [0.2, 0.25) is 0 Å². The number of cyclic esters (lactones) is 3. The highest BCUT2D eigenvalue weighted by Crippen LogP contribution is 2.27. The summed E-state index contributed by atoms with van der Waals surface area (Å²) in [5.74, 6) is 0.668. The van der Waals surface area contributed by atoms with Crippen LogP contribution in [0.4, 0.5) is 14.4 Å². The molecule has 3 atom stereocenters. The molecule has 244 valence electrons. The maximum absolute atomic E-state index is 10.7. The number of carbonyl (C=O) groups excluding carboxylic acids is 3. The van der Waals surface area contributed by atoms with E-state index < -0.39 is 28.8 Å². The highest BCUT2D eigenvalue weighted by molar-refractivity contribution is 6.23. The second kappa shape index (κ2) is 18.4. The smallest absolute Gasteiger partial charge is 0.425 e. The number of aliphatic hydroxyl groups is 3. The van der Waals surface area contributed by atoms with Crippen molar-refractivity contribution in [2.24, 2.45) is 5.73 Å². The fourth-order valence-electron chi connectivity index (χ4n) is 1.94. The van der Waals surface area contributed by atoms with Crippen LogP contribution in [0.15, 0.2) is 0 Å². The molecule has 0 aromatic carbocycles. The van der Waals surface area contributed by atoms with Crippen LogP contribution >= 0.6 is 46.8 Å². The average molecular weight is 678 g/mol. The third-order valence-electron chi connectivity index (χ3n) is 4.88. The van der Waals surface area contributed by atoms with E-state index in [1.807, 2.05) is 27.7 Å². The molecule has 3 heterocycles. The Balaban J connectivity index is 0. The quantitative estimate of drug-likeness (QED) is 0.142. The van der Waals surface area contributed by atoms with Gasteiger partial charge in [0.05, 0.1) is 59.8 Å². The van der Waals surface area contributed by atoms with Gasteiger partial charge in [-0.05, 0) is 48.5 Å². The SMILES string of the molecule is CC(C)(C)OCl.CC(N)(CO)CO.CC1(CCl)COC(=O)N1.CC1(CCl)COC(=O)N1Cl.CC1(CO)COC(=O)N1. The maximum Gasteiger partial charge on any atom is 0.425 e. The van der Waals surface area contributed by atoms with Gasteiger partial charge in [0.25, 0.3) is 0 Å². The van der Waals surface area contributed by atoms with Crippen LogP contribution < -0.4 is 16.4 Å². The van der Waals surface area contributed by atoms with Crippen molar-refractivity contribution >= 4 is 65.1 Å². The first-order valence-electron chi connectivity index (χ1n) is 12.2. The maximum atomic E-state index is 10.7. The number of carbonyl (C=O) groups is 3. The molecule has 41 heavy (non-hydrogen) atoms. The van der Waals surface area contributed by atoms with Gasteiger partial charge in [-0.2, -0.15) is 0 Å². The molecule has 0 spiro atoms. The average Bonchev–Trinajstić information content (AvgIpc) is 3.55. The number of alkyl carbamates (subject to hydrolysis) is 2. The highest BCUT2D eigenvalue weighted by atomic mass is 35.5. The van der Waals surface area contributed by atoms with Crippen molar-refractivity contribution in [1.29, 1.82) is 0 Å². The molecule has 3 aliphatic heterocycles. The molecule has 3 aliphatic rings. The number of amides is 3. The molecule has 0 radical (unpaired) electrons. The van der Waals surface area contributed by atoms with E-state index in [-0.39, 0.29) is 56.1 Å². The first-order valence-corrected chi connectivity index (χ1v) is 13.9. The number of nitrogens with two attached hydrogens (primary N) is 1. The molecule has 3 unspecified atom stereocenters. The Kier molecular flexibility index (Phi) is 18.8. The number of nitrogens with one attached hydrogen (secondary N) is 2. The molecule has 3 rings (SSSR count). The monoisotopic (exact) mass is 676 g/mol. The number of hydrogen-bond donors (Lipinski definition) is 6. The molecule has 3 fully saturated rings. The van der Waals surface area contributed by atoms with Gasteiger partial charge < -0.3 is 45.9 Å². The van der Waals surface area contributed by atoms with Gasteiger partial charge in [0.2, 0.25) is 0 Å². The van der Waals surface area contributed by atoms with Gasteiger partial charge in [0.1, 0.15) is 25.4 Å². The van der Waals surface area contributed by atoms with Gasteiger partial charge in [-0.3, -0.25) is 4.29 Å². The number of alkyl halides is 2. The normalized spacial score (nSPS) is 26.6. The number of nitrogens with zero attached hydrogens (tertiary/aromatic N) is 1. The predicted molar refractivity (Wildman–Crippen MR) is 155 cm³/mol. The van der Waals surface area contributed by atoms with Crippen molar-refractivity contribution < 1.29 is 48.2 Å². The van der Waals surface area contributed by atoms with Gasteiger partial charge in [-0.1, -0.05) is 0 Å². The lowest BCUT2D eigenvalue weighted by molar-refractivity contribution is 0.134. The van der Waals surface area contributed by atoms with Gasteiger partial charge >= 0.3 is 18.3 Å². The van der Waals surface area contributed by atoms with Crippen molar-refractivity contribution in [3.05, 3.63) is 0 Å². The molecule has 14 nitrogen and oxygen atoms in total. The van der Waals surface area contributed by atoms with E-state index in [1.54, 1.807) is 20.8 Å². The van der Waals surface area contributed by atoms with Gasteiger partial charge in [0, 0.05) is 17.7 Å². The zero-order chi connectivity index (χ0) is 32.7. The van der Waals surface area contributed by atoms with Crippen molar-refractivity contribution in [3.8, 4) is 0 Å². The van der Waals surface area contributed by atoms with E-state index in [1.165, 1.54) is 0 Å². The summed E-state index contributed by atoms with van der Waals surface area (Å²) in [7, 11) is 0. The Hall–Kier alpha value is -1.23. The largest absolute Gasteiger partial charge is 0.447 e. The van der Waals surface area contributed by atoms with E-state index in [0.717, 1.165) is 4.42 Å². The van der Waals surface area contributed by atoms with Crippen LogP contribution in [0.5, 0.6) is 0 Å². The molecular formula is C23H44Cl4N4O10. The van der Waals surface area contributed by atoms with Crippen LogP contribution in [0.25, 0.3) is 0 Å². The van der Waals surface area contributed by atoms with Crippen LogP contribution in [-0.4, -0.2) is 117 Å². The summed E-state index contributed by atoms with van der Waals surface area (Å²) in [6, 6.07) is 0. The Morgan fingerprint density at radius 2 is 1.29 bits per heavy atom. The summed E-state index contributed by atoms with van der Waals surface area (Å²) < 4.78 is 19.2. The number of halogens is 4. The topological polar surface area (TPSA) is 202 Å². The zero-order valence-corrected chi connectivity index (χ0v) is 27.4. The molecule has 0 aromatic heterocycles. The van der Waals surface area contributed by atoms with Crippen molar-refractivity contribution in [2.75, 3.05) is 51.4 Å². The fourth-order valence-corrected chi connectivity index (χ4v) is 2.50. The molecule has 3 saturated heterocycles. The second-order valence-corrected chi connectivity index (χ2v) is 12.5. The van der Waals surface area contributed by atoms with Crippen molar-refractivity contribution in [1.82, 2.24) is 15.1 Å². The minimum atomic E-state index is -0.806. The summed E-state index contributed by atoms with van der Waals surface area (Å²) in [5, 5.41) is 30.3. The Labute approximate surface area is 261 Å². The van der Waals surface area contributed by atoms with E-state index in [4.69, 9.17) is 67.9 Å². The van der Waals surface area contributed by atoms with E-state index in [2.05, 4.69) is 29.1 Å². The minimum absolute atomic E-state index is 0.0846. The third kappa shape index (κ3) is 17.5. The standard InChI is InChI=1S/C5H7Cl2NO2.C5H8ClNO2.C5H9NO3.C4H9ClO.C4H11NO2/c1-5(2-6)3-10-4(9)8(5)7;1-5(2-6)3-9-4(8)7-5;1-5(2-7)3-9-4(8)6-5;1-4(2,3)6-5;1-4(5,2-6)3-7/h2-3H2,1H3;2-3H2,1H3,(H,7,8);7H,2-3H2,1H3,(H,6,8);1-3H3;6-7H,2-3,5H2,1H3. The lowest BCUT2D eigenvalue weighted by Gasteiger charge is -2.22. The van der Waals surface area contributed by atoms with Crippen molar-refractivity contribution in [3.63, 3.8) is 0 Å². The first-order chi connectivity index (χ1) is 18.6. The van der Waals surface area contributed by atoms with E-state index in [9.17, 15) is 14.4 Å². The van der Waals surface area contributed by atoms with Crippen LogP contribution in [0.1, 0.15) is 48.5 Å². The summed E-state index contributed by atoms with van der Waals surface area (Å²) >= 11 is 21.6. The molecular weight excluding hydrogens is 634 g/mol. The Morgan fingerprint density at radius 3 is 1.41 bits per heavy atom. The molecule has 0 aliphatic carbocycles. The number of ether oxygens (including phenoxy) is 3. The summed E-state index contributed by atoms with van der Waals surface area (Å²) in [5.41, 5.74) is 2.77. The zero-order valence-electron chi connectivity index (χ0n) is 24.4. The molecule has 18 heteroatoms. The van der Waals surface area contributed by atoms with Gasteiger partial charge in [-0.15, -0.1) is 23.2 Å². The summed E-state index contributed by atoms with van der Waals surface area (Å²) in [6.07, 6.45) is -1.35. The molecule has 0 bridgehead atoms. The first kappa shape index (κ1) is 41.9. The number of aliphatic hydroxyl groups excluding tert-OH is 3. The van der Waals surface area contributed by atoms with Crippen LogP contribution in [0.3, 0.4) is 0 Å². The minimum Gasteiger partial charge on any atom is -0.447 e. The van der Waals surface area contributed by atoms with Crippen LogP contribution in [0, 0.1) is 0 Å². The van der Waals surface area contributed by atoms with E-state index in [0.29, 0.717) is 12.5 Å². The molecule has 0 saturated carbocycles. The van der Waals surface area contributed by atoms with Crippen LogP contribution in [-0.2, 0) is 18.5 Å². The molecule has 7 N–H and O–H groups in total. The molecule has 0 aromatic rings. The van der Waals surface area contributed by atoms with Gasteiger partial charge in [0.15, 0.2) is 0 Å². The summed E-state index contributed by atoms with van der Waals surface area (Å²) in [6.45, 7) is 13.0. The fraction of sp³-hybridized carbons (Fsp3) is 0.870. The van der Waals surface area contributed by atoms with E-state index >= 15 is 0 Å². The Bertz CT molecular complexity index is 786. The predicted octanol–water partition coefficient (Wildman–Crippen LogP) is 2.43. The number of rotatable bonds is 5.